The summed E-state index contributed by atoms with van der Waals surface area (Å²) in [6, 6.07) is 9.99. The second-order valence-corrected chi connectivity index (χ2v) is 4.82. The molecule has 0 aliphatic heterocycles. The molecule has 0 saturated carbocycles. The lowest BCUT2D eigenvalue weighted by Gasteiger charge is -2.19. The van der Waals surface area contributed by atoms with Crippen LogP contribution in [-0.2, 0) is 6.54 Å². The Hall–Kier alpha value is -2.36. The Morgan fingerprint density at radius 1 is 1.25 bits per heavy atom. The van der Waals surface area contributed by atoms with Crippen molar-refractivity contribution in [3.63, 3.8) is 0 Å². The molecule has 0 fully saturated rings. The number of amides is 1. The van der Waals surface area contributed by atoms with Gasteiger partial charge in [-0.15, -0.1) is 0 Å². The zero-order valence-corrected chi connectivity index (χ0v) is 12.1. The molecule has 4 heteroatoms. The number of pyridine rings is 1. The predicted octanol–water partition coefficient (Wildman–Crippen LogP) is 2.70. The number of anilines is 1. The minimum absolute atomic E-state index is 0.0389. The molecule has 1 aromatic heterocycles. The first-order chi connectivity index (χ1) is 9.61. The number of aryl methyl sites for hydroxylation is 1. The van der Waals surface area contributed by atoms with Crippen molar-refractivity contribution in [3.05, 3.63) is 59.4 Å². The van der Waals surface area contributed by atoms with Gasteiger partial charge in [-0.2, -0.15) is 0 Å². The molecule has 0 radical (unpaired) electrons. The largest absolute Gasteiger partial charge is 0.387 e. The van der Waals surface area contributed by atoms with Crippen LogP contribution in [0.5, 0.6) is 0 Å². The zero-order chi connectivity index (χ0) is 14.5. The lowest BCUT2D eigenvalue weighted by molar-refractivity contribution is 0.0785. The molecule has 1 aromatic carbocycles. The van der Waals surface area contributed by atoms with Crippen LogP contribution in [0.4, 0.5) is 5.69 Å². The van der Waals surface area contributed by atoms with Crippen LogP contribution >= 0.6 is 0 Å². The van der Waals surface area contributed by atoms with E-state index in [1.54, 1.807) is 37.5 Å². The van der Waals surface area contributed by atoms with Crippen molar-refractivity contribution in [1.29, 1.82) is 0 Å². The van der Waals surface area contributed by atoms with Crippen molar-refractivity contribution >= 4 is 11.6 Å². The van der Waals surface area contributed by atoms with Crippen LogP contribution in [0.15, 0.2) is 42.7 Å². The van der Waals surface area contributed by atoms with Gasteiger partial charge in [0.1, 0.15) is 0 Å². The maximum atomic E-state index is 12.4. The van der Waals surface area contributed by atoms with Gasteiger partial charge in [0.25, 0.3) is 5.91 Å². The molecule has 0 atom stereocenters. The molecule has 0 spiro atoms. The van der Waals surface area contributed by atoms with E-state index in [2.05, 4.69) is 22.4 Å². The maximum absolute atomic E-state index is 12.4. The second kappa shape index (κ2) is 6.19. The van der Waals surface area contributed by atoms with Crippen LogP contribution in [-0.4, -0.2) is 29.9 Å². The van der Waals surface area contributed by atoms with Gasteiger partial charge in [-0.05, 0) is 18.6 Å². The van der Waals surface area contributed by atoms with Crippen LogP contribution in [0.25, 0.3) is 0 Å². The van der Waals surface area contributed by atoms with E-state index in [4.69, 9.17) is 0 Å². The number of hydrogen-bond acceptors (Lipinski definition) is 3. The second-order valence-electron chi connectivity index (χ2n) is 4.82. The molecular formula is C16H19N3O. The molecule has 2 aromatic rings. The Morgan fingerprint density at radius 2 is 1.95 bits per heavy atom. The van der Waals surface area contributed by atoms with Crippen molar-refractivity contribution < 1.29 is 4.79 Å². The van der Waals surface area contributed by atoms with Gasteiger partial charge in [-0.3, -0.25) is 9.78 Å². The van der Waals surface area contributed by atoms with Crippen molar-refractivity contribution in [2.75, 3.05) is 19.4 Å². The average Bonchev–Trinajstić information content (AvgIpc) is 2.48. The number of nitrogens with zero attached hydrogens (tertiary/aromatic N) is 2. The van der Waals surface area contributed by atoms with Crippen LogP contribution in [0.3, 0.4) is 0 Å². The quantitative estimate of drug-likeness (QED) is 0.928. The Kier molecular flexibility index (Phi) is 4.35. The summed E-state index contributed by atoms with van der Waals surface area (Å²) < 4.78 is 0. The Balaban J connectivity index is 2.14. The normalized spacial score (nSPS) is 10.2. The summed E-state index contributed by atoms with van der Waals surface area (Å²) in [6.45, 7) is 2.63. The van der Waals surface area contributed by atoms with Crippen LogP contribution in [0, 0.1) is 6.92 Å². The van der Waals surface area contributed by atoms with Crippen molar-refractivity contribution in [3.8, 4) is 0 Å². The van der Waals surface area contributed by atoms with Crippen molar-refractivity contribution in [2.45, 2.75) is 13.5 Å². The molecule has 0 aliphatic carbocycles. The summed E-state index contributed by atoms with van der Waals surface area (Å²) >= 11 is 0. The summed E-state index contributed by atoms with van der Waals surface area (Å²) in [4.78, 5) is 18.2. The fourth-order valence-corrected chi connectivity index (χ4v) is 2.03. The molecule has 1 amide bonds. The molecule has 0 aliphatic rings. The van der Waals surface area contributed by atoms with Crippen LogP contribution < -0.4 is 5.32 Å². The van der Waals surface area contributed by atoms with Crippen LogP contribution in [0.2, 0.25) is 0 Å². The molecule has 20 heavy (non-hydrogen) atoms. The Bertz CT molecular complexity index is 593. The molecule has 2 rings (SSSR count). The number of hydrogen-bond donors (Lipinski definition) is 1. The number of aromatic nitrogens is 1. The minimum atomic E-state index is -0.0389. The molecule has 1 heterocycles. The first kappa shape index (κ1) is 14.1. The van der Waals surface area contributed by atoms with Crippen molar-refractivity contribution in [2.24, 2.45) is 0 Å². The summed E-state index contributed by atoms with van der Waals surface area (Å²) in [5.41, 5.74) is 3.71. The summed E-state index contributed by atoms with van der Waals surface area (Å²) in [7, 11) is 3.60. The minimum Gasteiger partial charge on any atom is -0.387 e. The highest BCUT2D eigenvalue weighted by Crippen LogP contribution is 2.16. The Labute approximate surface area is 119 Å². The number of rotatable bonds is 4. The third-order valence-corrected chi connectivity index (χ3v) is 3.21. The van der Waals surface area contributed by atoms with E-state index >= 15 is 0 Å². The predicted molar refractivity (Wildman–Crippen MR) is 80.8 cm³/mol. The van der Waals surface area contributed by atoms with E-state index in [0.29, 0.717) is 12.1 Å². The summed E-state index contributed by atoms with van der Waals surface area (Å²) in [6.07, 6.45) is 3.27. The maximum Gasteiger partial charge on any atom is 0.257 e. The van der Waals surface area contributed by atoms with Gasteiger partial charge in [-0.25, -0.2) is 0 Å². The van der Waals surface area contributed by atoms with Crippen LogP contribution in [0.1, 0.15) is 21.5 Å². The summed E-state index contributed by atoms with van der Waals surface area (Å²) in [5.74, 6) is -0.0389. The van der Waals surface area contributed by atoms with E-state index in [0.717, 1.165) is 11.3 Å². The van der Waals surface area contributed by atoms with Gasteiger partial charge in [0, 0.05) is 38.7 Å². The highest BCUT2D eigenvalue weighted by Gasteiger charge is 2.15. The molecule has 104 valence electrons. The SMILES string of the molecule is CNc1ccncc1C(=O)N(C)Cc1ccc(C)cc1. The van der Waals surface area contributed by atoms with E-state index in [9.17, 15) is 4.79 Å². The fourth-order valence-electron chi connectivity index (χ4n) is 2.03. The van der Waals surface area contributed by atoms with Gasteiger partial charge < -0.3 is 10.2 Å². The smallest absolute Gasteiger partial charge is 0.257 e. The molecular weight excluding hydrogens is 250 g/mol. The monoisotopic (exact) mass is 269 g/mol. The highest BCUT2D eigenvalue weighted by atomic mass is 16.2. The van der Waals surface area contributed by atoms with Gasteiger partial charge in [0.15, 0.2) is 0 Å². The van der Waals surface area contributed by atoms with Gasteiger partial charge in [-0.1, -0.05) is 29.8 Å². The third-order valence-electron chi connectivity index (χ3n) is 3.21. The van der Waals surface area contributed by atoms with Gasteiger partial charge in [0.05, 0.1) is 5.56 Å². The summed E-state index contributed by atoms with van der Waals surface area (Å²) in [5, 5.41) is 3.02. The molecule has 4 nitrogen and oxygen atoms in total. The fraction of sp³-hybridized carbons (Fsp3) is 0.250. The Morgan fingerprint density at radius 3 is 2.60 bits per heavy atom. The van der Waals surface area contributed by atoms with Gasteiger partial charge >= 0.3 is 0 Å². The first-order valence-corrected chi connectivity index (χ1v) is 6.54. The molecule has 0 bridgehead atoms. The third kappa shape index (κ3) is 3.15. The lowest BCUT2D eigenvalue weighted by Crippen LogP contribution is -2.27. The van der Waals surface area contributed by atoms with E-state index in [1.165, 1.54) is 5.56 Å². The van der Waals surface area contributed by atoms with Crippen molar-refractivity contribution in [1.82, 2.24) is 9.88 Å². The zero-order valence-electron chi connectivity index (χ0n) is 12.1. The first-order valence-electron chi connectivity index (χ1n) is 6.54. The number of carbonyl (C=O) groups excluding carboxylic acids is 1. The molecule has 0 saturated heterocycles. The van der Waals surface area contributed by atoms with E-state index < -0.39 is 0 Å². The topological polar surface area (TPSA) is 45.2 Å². The number of benzene rings is 1. The van der Waals surface area contributed by atoms with E-state index in [1.807, 2.05) is 19.1 Å². The average molecular weight is 269 g/mol. The molecule has 1 N–H and O–H groups in total. The van der Waals surface area contributed by atoms with Gasteiger partial charge in [0.2, 0.25) is 0 Å². The standard InChI is InChI=1S/C16H19N3O/c1-12-4-6-13(7-5-12)11-19(3)16(20)14-10-18-9-8-15(14)17-2/h4-10H,11H2,1-3H3,(H,17,18). The lowest BCUT2D eigenvalue weighted by atomic mass is 10.1. The number of nitrogens with one attached hydrogen (secondary N) is 1. The van der Waals surface area contributed by atoms with E-state index in [-0.39, 0.29) is 5.91 Å². The number of carbonyl (C=O) groups is 1. The highest BCUT2D eigenvalue weighted by molar-refractivity contribution is 5.99. The molecule has 0 unspecified atom stereocenters.